The summed E-state index contributed by atoms with van der Waals surface area (Å²) in [6, 6.07) is 5.29. The van der Waals surface area contributed by atoms with Gasteiger partial charge in [0.2, 0.25) is 0 Å². The van der Waals surface area contributed by atoms with Crippen LogP contribution in [0.2, 0.25) is 5.02 Å². The summed E-state index contributed by atoms with van der Waals surface area (Å²) < 4.78 is 13.6. The van der Waals surface area contributed by atoms with Gasteiger partial charge in [0, 0.05) is 16.5 Å². The standard InChI is InChI=1S/C15H16ClFN2S/c1-2-18-12-4-3-5-13-14(12)20-15(19-13)9-6-7-10(16)11(17)8-9/h6-8,12,18H,2-5H2,1H3. The number of hydrogen-bond acceptors (Lipinski definition) is 3. The minimum Gasteiger partial charge on any atom is -0.309 e. The van der Waals surface area contributed by atoms with E-state index in [1.54, 1.807) is 17.4 Å². The predicted octanol–water partition coefficient (Wildman–Crippen LogP) is 4.59. The monoisotopic (exact) mass is 310 g/mol. The van der Waals surface area contributed by atoms with Crippen LogP contribution in [-0.4, -0.2) is 11.5 Å². The van der Waals surface area contributed by atoms with Gasteiger partial charge in [-0.3, -0.25) is 0 Å². The van der Waals surface area contributed by atoms with Gasteiger partial charge in [-0.05, 0) is 37.9 Å². The molecule has 1 heterocycles. The summed E-state index contributed by atoms with van der Waals surface area (Å²) >= 11 is 7.40. The molecule has 1 aliphatic carbocycles. The molecule has 20 heavy (non-hydrogen) atoms. The van der Waals surface area contributed by atoms with Crippen molar-refractivity contribution in [1.29, 1.82) is 0 Å². The lowest BCUT2D eigenvalue weighted by molar-refractivity contribution is 0.476. The Labute approximate surface area is 127 Å². The Morgan fingerprint density at radius 2 is 2.35 bits per heavy atom. The van der Waals surface area contributed by atoms with Crippen LogP contribution >= 0.6 is 22.9 Å². The topological polar surface area (TPSA) is 24.9 Å². The lowest BCUT2D eigenvalue weighted by Crippen LogP contribution is -2.23. The zero-order valence-electron chi connectivity index (χ0n) is 11.2. The van der Waals surface area contributed by atoms with Crippen LogP contribution in [0.15, 0.2) is 18.2 Å². The Kier molecular flexibility index (Phi) is 4.06. The summed E-state index contributed by atoms with van der Waals surface area (Å²) in [6.07, 6.45) is 3.32. The van der Waals surface area contributed by atoms with E-state index in [2.05, 4.69) is 12.2 Å². The number of hydrogen-bond donors (Lipinski definition) is 1. The molecule has 1 unspecified atom stereocenters. The summed E-state index contributed by atoms with van der Waals surface area (Å²) in [5.74, 6) is -0.388. The van der Waals surface area contributed by atoms with Crippen molar-refractivity contribution in [3.63, 3.8) is 0 Å². The van der Waals surface area contributed by atoms with Gasteiger partial charge in [-0.2, -0.15) is 0 Å². The molecule has 0 spiro atoms. The molecule has 0 saturated carbocycles. The molecule has 1 aromatic carbocycles. The normalized spacial score (nSPS) is 18.1. The van der Waals surface area contributed by atoms with Crippen molar-refractivity contribution in [2.75, 3.05) is 6.54 Å². The molecule has 1 atom stereocenters. The largest absolute Gasteiger partial charge is 0.309 e. The number of nitrogens with one attached hydrogen (secondary N) is 1. The molecule has 0 fully saturated rings. The molecular formula is C15H16ClFN2S. The molecule has 1 aliphatic rings. The minimum atomic E-state index is -0.388. The maximum atomic E-state index is 13.6. The molecule has 0 amide bonds. The van der Waals surface area contributed by atoms with Crippen molar-refractivity contribution in [3.05, 3.63) is 39.6 Å². The summed E-state index contributed by atoms with van der Waals surface area (Å²) in [4.78, 5) is 6.00. The Balaban J connectivity index is 1.97. The van der Waals surface area contributed by atoms with E-state index in [0.717, 1.165) is 42.1 Å². The van der Waals surface area contributed by atoms with Crippen LogP contribution in [0.5, 0.6) is 0 Å². The van der Waals surface area contributed by atoms with Gasteiger partial charge in [0.1, 0.15) is 10.8 Å². The van der Waals surface area contributed by atoms with Gasteiger partial charge in [0.25, 0.3) is 0 Å². The summed E-state index contributed by atoms with van der Waals surface area (Å²) in [5.41, 5.74) is 1.97. The van der Waals surface area contributed by atoms with Crippen molar-refractivity contribution in [3.8, 4) is 10.6 Å². The maximum absolute atomic E-state index is 13.6. The number of fused-ring (bicyclic) bond motifs is 1. The average molecular weight is 311 g/mol. The second kappa shape index (κ2) is 5.80. The van der Waals surface area contributed by atoms with E-state index in [-0.39, 0.29) is 10.8 Å². The van der Waals surface area contributed by atoms with Crippen LogP contribution in [0, 0.1) is 5.82 Å². The molecule has 0 aliphatic heterocycles. The van der Waals surface area contributed by atoms with Crippen molar-refractivity contribution >= 4 is 22.9 Å². The third kappa shape index (κ3) is 2.60. The van der Waals surface area contributed by atoms with Gasteiger partial charge in [0.15, 0.2) is 0 Å². The van der Waals surface area contributed by atoms with Crippen LogP contribution in [0.25, 0.3) is 10.6 Å². The van der Waals surface area contributed by atoms with E-state index in [4.69, 9.17) is 16.6 Å². The SMILES string of the molecule is CCNC1CCCc2nc(-c3ccc(Cl)c(F)c3)sc21. The molecule has 1 N–H and O–H groups in total. The second-order valence-corrected chi connectivity index (χ2v) is 6.40. The number of aromatic nitrogens is 1. The fraction of sp³-hybridized carbons (Fsp3) is 0.400. The first-order valence-corrected chi connectivity index (χ1v) is 8.07. The molecule has 0 radical (unpaired) electrons. The Hall–Kier alpha value is -0.970. The van der Waals surface area contributed by atoms with Gasteiger partial charge in [-0.1, -0.05) is 24.6 Å². The molecule has 3 rings (SSSR count). The fourth-order valence-corrected chi connectivity index (χ4v) is 3.95. The van der Waals surface area contributed by atoms with Gasteiger partial charge < -0.3 is 5.32 Å². The van der Waals surface area contributed by atoms with Gasteiger partial charge in [-0.25, -0.2) is 9.37 Å². The number of halogens is 2. The van der Waals surface area contributed by atoms with E-state index in [1.165, 1.54) is 10.9 Å². The Morgan fingerprint density at radius 3 is 3.10 bits per heavy atom. The van der Waals surface area contributed by atoms with Gasteiger partial charge in [-0.15, -0.1) is 11.3 Å². The maximum Gasteiger partial charge on any atom is 0.142 e. The number of aryl methyl sites for hydroxylation is 1. The quantitative estimate of drug-likeness (QED) is 0.897. The molecule has 5 heteroatoms. The predicted molar refractivity (Wildman–Crippen MR) is 81.9 cm³/mol. The zero-order valence-corrected chi connectivity index (χ0v) is 12.8. The Morgan fingerprint density at radius 1 is 1.50 bits per heavy atom. The van der Waals surface area contributed by atoms with E-state index < -0.39 is 0 Å². The molecule has 106 valence electrons. The van der Waals surface area contributed by atoms with Gasteiger partial charge >= 0.3 is 0 Å². The lowest BCUT2D eigenvalue weighted by atomic mass is 9.98. The van der Waals surface area contributed by atoms with Gasteiger partial charge in [0.05, 0.1) is 10.7 Å². The number of nitrogens with zero attached hydrogens (tertiary/aromatic N) is 1. The minimum absolute atomic E-state index is 0.153. The summed E-state index contributed by atoms with van der Waals surface area (Å²) in [7, 11) is 0. The van der Waals surface area contributed by atoms with Crippen molar-refractivity contribution in [2.24, 2.45) is 0 Å². The van der Waals surface area contributed by atoms with E-state index in [0.29, 0.717) is 6.04 Å². The number of thiazole rings is 1. The third-order valence-electron chi connectivity index (χ3n) is 3.57. The molecular weight excluding hydrogens is 295 g/mol. The van der Waals surface area contributed by atoms with E-state index in [1.807, 2.05) is 6.07 Å². The average Bonchev–Trinajstić information content (AvgIpc) is 2.87. The molecule has 1 aromatic heterocycles. The first-order valence-electron chi connectivity index (χ1n) is 6.87. The molecule has 0 bridgehead atoms. The lowest BCUT2D eigenvalue weighted by Gasteiger charge is -2.21. The van der Waals surface area contributed by atoms with Crippen molar-refractivity contribution in [1.82, 2.24) is 10.3 Å². The highest BCUT2D eigenvalue weighted by molar-refractivity contribution is 7.15. The summed E-state index contributed by atoms with van der Waals surface area (Å²) in [6.45, 7) is 3.07. The fourth-order valence-electron chi connectivity index (χ4n) is 2.61. The van der Waals surface area contributed by atoms with E-state index in [9.17, 15) is 4.39 Å². The highest BCUT2D eigenvalue weighted by atomic mass is 35.5. The van der Waals surface area contributed by atoms with Crippen LogP contribution < -0.4 is 5.32 Å². The van der Waals surface area contributed by atoms with Crippen molar-refractivity contribution in [2.45, 2.75) is 32.2 Å². The first kappa shape index (κ1) is 14.0. The smallest absolute Gasteiger partial charge is 0.142 e. The molecule has 0 saturated heterocycles. The summed E-state index contributed by atoms with van der Waals surface area (Å²) in [5, 5.41) is 4.54. The Bertz CT molecular complexity index is 626. The highest BCUT2D eigenvalue weighted by Gasteiger charge is 2.24. The van der Waals surface area contributed by atoms with E-state index >= 15 is 0 Å². The van der Waals surface area contributed by atoms with Crippen LogP contribution in [0.1, 0.15) is 36.4 Å². The zero-order chi connectivity index (χ0) is 14.1. The third-order valence-corrected chi connectivity index (χ3v) is 5.13. The molecule has 2 aromatic rings. The van der Waals surface area contributed by atoms with Crippen LogP contribution in [0.3, 0.4) is 0 Å². The first-order chi connectivity index (χ1) is 9.69. The van der Waals surface area contributed by atoms with Crippen molar-refractivity contribution < 1.29 is 4.39 Å². The molecule has 2 nitrogen and oxygen atoms in total. The number of benzene rings is 1. The highest BCUT2D eigenvalue weighted by Crippen LogP contribution is 2.38. The van der Waals surface area contributed by atoms with Crippen LogP contribution in [-0.2, 0) is 6.42 Å². The second-order valence-electron chi connectivity index (χ2n) is 4.96. The number of rotatable bonds is 3. The van der Waals surface area contributed by atoms with Crippen LogP contribution in [0.4, 0.5) is 4.39 Å².